The SMILES string of the molecule is Cc1cc(Br)ccc1OC(=O)N1CCC(Oc2cc[nH]c(=O)c2-c2ccc(S(C)(=O)=O)cc2)CC1. The number of H-pyrrole nitrogens is 1. The van der Waals surface area contributed by atoms with Crippen molar-refractivity contribution in [2.75, 3.05) is 19.3 Å². The predicted octanol–water partition coefficient (Wildman–Crippen LogP) is 4.56. The summed E-state index contributed by atoms with van der Waals surface area (Å²) in [5.41, 5.74) is 1.41. The van der Waals surface area contributed by atoms with Crippen LogP contribution in [-0.4, -0.2) is 49.8 Å². The number of halogens is 1. The molecule has 0 bridgehead atoms. The van der Waals surface area contributed by atoms with Crippen LogP contribution >= 0.6 is 15.9 Å². The van der Waals surface area contributed by atoms with Crippen LogP contribution in [0.15, 0.2) is 68.9 Å². The van der Waals surface area contributed by atoms with Gasteiger partial charge in [-0.05, 0) is 54.4 Å². The number of rotatable bonds is 5. The van der Waals surface area contributed by atoms with Crippen molar-refractivity contribution in [3.8, 4) is 22.6 Å². The average molecular weight is 561 g/mol. The van der Waals surface area contributed by atoms with Crippen LogP contribution in [-0.2, 0) is 9.84 Å². The summed E-state index contributed by atoms with van der Waals surface area (Å²) in [6, 6.07) is 13.3. The summed E-state index contributed by atoms with van der Waals surface area (Å²) >= 11 is 3.40. The summed E-state index contributed by atoms with van der Waals surface area (Å²) in [6.07, 6.45) is 3.20. The van der Waals surface area contributed by atoms with Gasteiger partial charge in [-0.1, -0.05) is 28.1 Å². The van der Waals surface area contributed by atoms with Crippen LogP contribution < -0.4 is 15.0 Å². The number of pyridine rings is 1. The number of carbonyl (C=O) groups excluding carboxylic acids is 1. The van der Waals surface area contributed by atoms with Crippen LogP contribution in [0.1, 0.15) is 18.4 Å². The van der Waals surface area contributed by atoms with E-state index in [-0.39, 0.29) is 16.6 Å². The molecule has 1 aliphatic rings. The summed E-state index contributed by atoms with van der Waals surface area (Å²) in [6.45, 7) is 2.79. The van der Waals surface area contributed by atoms with Crippen LogP contribution in [0.2, 0.25) is 0 Å². The number of likely N-dealkylation sites (tertiary alicyclic amines) is 1. The fourth-order valence-electron chi connectivity index (χ4n) is 3.92. The second kappa shape index (κ2) is 10.2. The van der Waals surface area contributed by atoms with Crippen LogP contribution in [0.4, 0.5) is 4.79 Å². The van der Waals surface area contributed by atoms with Gasteiger partial charge in [0.15, 0.2) is 9.84 Å². The minimum absolute atomic E-state index is 0.175. The Kier molecular flexibility index (Phi) is 7.32. The van der Waals surface area contributed by atoms with Crippen molar-refractivity contribution < 1.29 is 22.7 Å². The first-order valence-electron chi connectivity index (χ1n) is 11.0. The maximum Gasteiger partial charge on any atom is 0.415 e. The number of piperidine rings is 1. The molecule has 1 fully saturated rings. The number of carbonyl (C=O) groups is 1. The number of ether oxygens (including phenoxy) is 2. The minimum atomic E-state index is -3.34. The number of amides is 1. The first-order chi connectivity index (χ1) is 16.6. The highest BCUT2D eigenvalue weighted by molar-refractivity contribution is 9.10. The van der Waals surface area contributed by atoms with Crippen LogP contribution in [0.3, 0.4) is 0 Å². The minimum Gasteiger partial charge on any atom is -0.489 e. The van der Waals surface area contributed by atoms with E-state index in [0.29, 0.717) is 48.6 Å². The van der Waals surface area contributed by atoms with Gasteiger partial charge in [-0.3, -0.25) is 4.79 Å². The molecule has 8 nitrogen and oxygen atoms in total. The summed E-state index contributed by atoms with van der Waals surface area (Å²) in [5.74, 6) is 0.930. The van der Waals surface area contributed by atoms with Gasteiger partial charge < -0.3 is 19.4 Å². The maximum atomic E-state index is 12.6. The number of nitrogens with zero attached hydrogens (tertiary/aromatic N) is 1. The maximum absolute atomic E-state index is 12.6. The molecule has 3 aromatic rings. The lowest BCUT2D eigenvalue weighted by atomic mass is 10.1. The van der Waals surface area contributed by atoms with Gasteiger partial charge >= 0.3 is 6.09 Å². The van der Waals surface area contributed by atoms with Crippen molar-refractivity contribution in [2.24, 2.45) is 0 Å². The molecule has 0 radical (unpaired) electrons. The highest BCUT2D eigenvalue weighted by Crippen LogP contribution is 2.30. The van der Waals surface area contributed by atoms with Gasteiger partial charge in [0.2, 0.25) is 0 Å². The predicted molar refractivity (Wildman–Crippen MR) is 136 cm³/mol. The standard InChI is InChI=1S/C25H25BrN2O6S/c1-16-15-18(26)5-8-21(16)34-25(30)28-13-10-19(11-14-28)33-22-9-12-27-24(29)23(22)17-3-6-20(7-4-17)35(2,31)32/h3-9,12,15,19H,10-11,13-14H2,1-2H3,(H,27,29). The van der Waals surface area contributed by atoms with E-state index in [2.05, 4.69) is 20.9 Å². The van der Waals surface area contributed by atoms with E-state index >= 15 is 0 Å². The Hall–Kier alpha value is -3.11. The van der Waals surface area contributed by atoms with Crippen molar-refractivity contribution in [1.29, 1.82) is 0 Å². The lowest BCUT2D eigenvalue weighted by Gasteiger charge is -2.31. The fourth-order valence-corrected chi connectivity index (χ4v) is 5.03. The number of aryl methyl sites for hydroxylation is 1. The largest absolute Gasteiger partial charge is 0.489 e. The number of sulfone groups is 1. The molecule has 2 aromatic carbocycles. The van der Waals surface area contributed by atoms with Gasteiger partial charge in [-0.25, -0.2) is 13.2 Å². The van der Waals surface area contributed by atoms with Crippen molar-refractivity contribution >= 4 is 31.9 Å². The second-order valence-electron chi connectivity index (χ2n) is 8.42. The highest BCUT2D eigenvalue weighted by Gasteiger charge is 2.26. The Morgan fingerprint density at radius 1 is 1.06 bits per heavy atom. The summed E-state index contributed by atoms with van der Waals surface area (Å²) < 4.78 is 36.2. The fraction of sp³-hybridized carbons (Fsp3) is 0.280. The Balaban J connectivity index is 1.43. The Labute approximate surface area is 211 Å². The molecule has 0 atom stereocenters. The molecular weight excluding hydrogens is 536 g/mol. The molecule has 35 heavy (non-hydrogen) atoms. The molecule has 0 aliphatic carbocycles. The molecule has 1 amide bonds. The van der Waals surface area contributed by atoms with Crippen LogP contribution in [0.5, 0.6) is 11.5 Å². The van der Waals surface area contributed by atoms with Gasteiger partial charge in [0, 0.05) is 42.9 Å². The van der Waals surface area contributed by atoms with Gasteiger partial charge in [0.05, 0.1) is 10.5 Å². The monoisotopic (exact) mass is 560 g/mol. The summed E-state index contributed by atoms with van der Waals surface area (Å²) in [7, 11) is -3.34. The number of benzene rings is 2. The third-order valence-electron chi connectivity index (χ3n) is 5.82. The van der Waals surface area contributed by atoms with Crippen LogP contribution in [0, 0.1) is 6.92 Å². The van der Waals surface area contributed by atoms with Crippen molar-refractivity contribution in [1.82, 2.24) is 9.88 Å². The molecule has 0 saturated carbocycles. The molecule has 1 aromatic heterocycles. The number of aromatic nitrogens is 1. The first kappa shape index (κ1) is 25.0. The van der Waals surface area contributed by atoms with Crippen molar-refractivity contribution in [3.63, 3.8) is 0 Å². The molecular formula is C25H25BrN2O6S. The molecule has 0 unspecified atom stereocenters. The molecule has 4 rings (SSSR count). The van der Waals surface area contributed by atoms with Crippen molar-refractivity contribution in [2.45, 2.75) is 30.8 Å². The number of hydrogen-bond acceptors (Lipinski definition) is 6. The summed E-state index contributed by atoms with van der Waals surface area (Å²) in [5, 5.41) is 0. The Morgan fingerprint density at radius 3 is 2.37 bits per heavy atom. The molecule has 184 valence electrons. The zero-order chi connectivity index (χ0) is 25.2. The van der Waals surface area contributed by atoms with E-state index in [4.69, 9.17) is 9.47 Å². The first-order valence-corrected chi connectivity index (χ1v) is 13.7. The lowest BCUT2D eigenvalue weighted by Crippen LogP contribution is -2.43. The van der Waals surface area contributed by atoms with Crippen molar-refractivity contribution in [3.05, 3.63) is 75.1 Å². The van der Waals surface area contributed by atoms with Gasteiger partial charge in [-0.15, -0.1) is 0 Å². The number of nitrogens with one attached hydrogen (secondary N) is 1. The highest BCUT2D eigenvalue weighted by atomic mass is 79.9. The number of hydrogen-bond donors (Lipinski definition) is 1. The average Bonchev–Trinajstić information content (AvgIpc) is 2.81. The molecule has 2 heterocycles. The van der Waals surface area contributed by atoms with E-state index < -0.39 is 15.9 Å². The van der Waals surface area contributed by atoms with Crippen LogP contribution in [0.25, 0.3) is 11.1 Å². The zero-order valence-electron chi connectivity index (χ0n) is 19.3. The third kappa shape index (κ3) is 5.94. The second-order valence-corrected chi connectivity index (χ2v) is 11.4. The van der Waals surface area contributed by atoms with E-state index in [0.717, 1.165) is 16.3 Å². The normalized spacial score (nSPS) is 14.5. The third-order valence-corrected chi connectivity index (χ3v) is 7.44. The van der Waals surface area contributed by atoms with E-state index in [1.54, 1.807) is 29.2 Å². The Morgan fingerprint density at radius 2 is 1.74 bits per heavy atom. The van der Waals surface area contributed by atoms with Gasteiger partial charge in [0.25, 0.3) is 5.56 Å². The zero-order valence-corrected chi connectivity index (χ0v) is 21.7. The molecule has 1 saturated heterocycles. The smallest absolute Gasteiger partial charge is 0.415 e. The lowest BCUT2D eigenvalue weighted by molar-refractivity contribution is 0.0931. The van der Waals surface area contributed by atoms with E-state index in [9.17, 15) is 18.0 Å². The molecule has 10 heteroatoms. The summed E-state index contributed by atoms with van der Waals surface area (Å²) in [4.78, 5) is 29.7. The van der Waals surface area contributed by atoms with Gasteiger partial charge in [-0.2, -0.15) is 0 Å². The topological polar surface area (TPSA) is 106 Å². The Bertz CT molecular complexity index is 1390. The molecule has 0 spiro atoms. The van der Waals surface area contributed by atoms with E-state index in [1.807, 2.05) is 19.1 Å². The van der Waals surface area contributed by atoms with E-state index in [1.165, 1.54) is 18.3 Å². The molecule has 1 N–H and O–H groups in total. The number of aromatic amines is 1. The molecule has 1 aliphatic heterocycles. The van der Waals surface area contributed by atoms with Gasteiger partial charge in [0.1, 0.15) is 17.6 Å². The quantitative estimate of drug-likeness (QED) is 0.490.